The Hall–Kier alpha value is 1.89. The summed E-state index contributed by atoms with van der Waals surface area (Å²) in [4.78, 5) is 0. The molecular weight excluding hydrogens is 239 g/mol. The third-order valence-electron chi connectivity index (χ3n) is 0. The van der Waals surface area contributed by atoms with Crippen LogP contribution in [-0.4, -0.2) is 20.6 Å². The van der Waals surface area contributed by atoms with Gasteiger partial charge in [0.05, 0.1) is 0 Å². The predicted molar refractivity (Wildman–Crippen MR) is 23.7 cm³/mol. The van der Waals surface area contributed by atoms with E-state index in [0.717, 1.165) is 20.6 Å². The van der Waals surface area contributed by atoms with Gasteiger partial charge in [-0.15, -0.1) is 0 Å². The van der Waals surface area contributed by atoms with Crippen molar-refractivity contribution in [3.8, 4) is 0 Å². The van der Waals surface area contributed by atoms with Crippen molar-refractivity contribution in [2.45, 2.75) is 0 Å². The van der Waals surface area contributed by atoms with E-state index in [0.29, 0.717) is 0 Å². The number of rotatable bonds is 0. The van der Waals surface area contributed by atoms with Gasteiger partial charge in [-0.2, -0.15) is 13.5 Å². The number of hydrogen-bond acceptors (Lipinski definition) is 1. The summed E-state index contributed by atoms with van der Waals surface area (Å²) in [7, 11) is 4.17. The summed E-state index contributed by atoms with van der Waals surface area (Å²) in [6.07, 6.45) is 0. The molecule has 0 rings (SSSR count). The van der Waals surface area contributed by atoms with Crippen LogP contribution in [0.2, 0.25) is 0 Å². The van der Waals surface area contributed by atoms with Crippen LogP contribution in [0.4, 0.5) is 0 Å². The molecule has 0 atom stereocenters. The van der Waals surface area contributed by atoms with E-state index in [1.54, 1.807) is 0 Å². The van der Waals surface area contributed by atoms with Crippen LogP contribution < -0.4 is 0 Å². The molecule has 2 radical (unpaired) electrons. The van der Waals surface area contributed by atoms with Gasteiger partial charge in [0, 0.05) is 17.1 Å². The average molecular weight is 241 g/mol. The monoisotopic (exact) mass is 242 g/mol. The van der Waals surface area contributed by atoms with Crippen LogP contribution in [0.3, 0.4) is 0 Å². The molecule has 0 saturated heterocycles. The molecule has 0 N–H and O–H groups in total. The molecule has 0 aliphatic rings. The summed E-state index contributed by atoms with van der Waals surface area (Å²) < 4.78 is 0. The summed E-state index contributed by atoms with van der Waals surface area (Å²) in [5.74, 6) is 0. The molecule has 26 valence electrons. The Labute approximate surface area is 59.9 Å². The van der Waals surface area contributed by atoms with Crippen LogP contribution in [0.5, 0.6) is 0 Å². The first-order chi connectivity index (χ1) is 1.00. The second-order valence-corrected chi connectivity index (χ2v) is 0. The summed E-state index contributed by atoms with van der Waals surface area (Å²) in [5.41, 5.74) is 0. The van der Waals surface area contributed by atoms with Gasteiger partial charge in [-0.1, -0.05) is 0 Å². The second-order valence-electron chi connectivity index (χ2n) is 0. The van der Waals surface area contributed by atoms with Crippen molar-refractivity contribution < 1.29 is 17.1 Å². The molecular formula is H2FeS2Sn. The Morgan fingerprint density at radius 3 is 1.25 bits per heavy atom. The topological polar surface area (TPSA) is 0 Å². The zero-order chi connectivity index (χ0) is 2.00. The SMILES string of the molecule is S.[Fe].[S]=[Sn]. The van der Waals surface area contributed by atoms with Crippen molar-refractivity contribution in [1.29, 1.82) is 0 Å². The molecule has 0 fully saturated rings. The van der Waals surface area contributed by atoms with Crippen molar-refractivity contribution in [2.75, 3.05) is 0 Å². The molecule has 0 saturated carbocycles. The fraction of sp³-hybridized carbons (Fsp3) is 0. The third-order valence-corrected chi connectivity index (χ3v) is 0. The molecule has 0 amide bonds. The molecule has 0 bridgehead atoms. The van der Waals surface area contributed by atoms with Gasteiger partial charge < -0.3 is 0 Å². The molecule has 0 nitrogen and oxygen atoms in total. The molecule has 0 unspecified atom stereocenters. The standard InChI is InChI=1S/Fe.H2S.S.Sn/h;1H2;;. The zero-order valence-corrected chi connectivity index (χ0v) is 7.54. The fourth-order valence-electron chi connectivity index (χ4n) is 0. The molecule has 0 heterocycles. The Kier molecular flexibility index (Phi) is 87.4. The normalized spacial score (nSPS) is 1.00. The number of hydrogen-bond donors (Lipinski definition) is 0. The molecule has 0 aliphatic carbocycles. The van der Waals surface area contributed by atoms with Gasteiger partial charge in [0.15, 0.2) is 0 Å². The van der Waals surface area contributed by atoms with E-state index in [4.69, 9.17) is 0 Å². The van der Waals surface area contributed by atoms with Crippen LogP contribution in [-0.2, 0) is 17.1 Å². The Balaban J connectivity index is -0.00000000500. The van der Waals surface area contributed by atoms with Crippen LogP contribution in [0.15, 0.2) is 0 Å². The van der Waals surface area contributed by atoms with Crippen LogP contribution in [0, 0.1) is 0 Å². The van der Waals surface area contributed by atoms with E-state index in [1.807, 2.05) is 0 Å². The van der Waals surface area contributed by atoms with Crippen molar-refractivity contribution in [2.24, 2.45) is 0 Å². The molecule has 0 aromatic heterocycles. The Morgan fingerprint density at radius 1 is 1.25 bits per heavy atom. The van der Waals surface area contributed by atoms with Gasteiger partial charge in [0.25, 0.3) is 0 Å². The van der Waals surface area contributed by atoms with E-state index >= 15 is 0 Å². The zero-order valence-electron chi connectivity index (χ0n) is 1.76. The van der Waals surface area contributed by atoms with E-state index in [-0.39, 0.29) is 30.6 Å². The van der Waals surface area contributed by atoms with Gasteiger partial charge in [-0.3, -0.25) is 0 Å². The first-order valence-electron chi connectivity index (χ1n) is 0.204. The Morgan fingerprint density at radius 2 is 1.25 bits per heavy atom. The summed E-state index contributed by atoms with van der Waals surface area (Å²) in [6.45, 7) is 0. The van der Waals surface area contributed by atoms with Gasteiger partial charge in [-0.25, -0.2) is 0 Å². The first-order valence-corrected chi connectivity index (χ1v) is 4.11. The van der Waals surface area contributed by atoms with Crippen molar-refractivity contribution in [3.63, 3.8) is 0 Å². The van der Waals surface area contributed by atoms with E-state index in [9.17, 15) is 0 Å². The minimum absolute atomic E-state index is 0. The van der Waals surface area contributed by atoms with Gasteiger partial charge >= 0.3 is 29.9 Å². The predicted octanol–water partition coefficient (Wildman–Crippen LogP) is 0.378. The second kappa shape index (κ2) is 20.7. The van der Waals surface area contributed by atoms with Crippen molar-refractivity contribution in [3.05, 3.63) is 0 Å². The van der Waals surface area contributed by atoms with E-state index in [1.165, 1.54) is 0 Å². The molecule has 4 heteroatoms. The fourth-order valence-corrected chi connectivity index (χ4v) is 0. The molecule has 0 aliphatic heterocycles. The van der Waals surface area contributed by atoms with Gasteiger partial charge in [-0.05, 0) is 0 Å². The minimum atomic E-state index is 0. The van der Waals surface area contributed by atoms with Crippen LogP contribution in [0.25, 0.3) is 0 Å². The molecule has 4 heavy (non-hydrogen) atoms. The average Bonchev–Trinajstić information content (AvgIpc) is 1.00. The Bertz CT molecular complexity index is 6.00. The van der Waals surface area contributed by atoms with Gasteiger partial charge in [0.2, 0.25) is 0 Å². The quantitative estimate of drug-likeness (QED) is 0.552. The van der Waals surface area contributed by atoms with Crippen LogP contribution in [0.1, 0.15) is 0 Å². The summed E-state index contributed by atoms with van der Waals surface area (Å²) in [6, 6.07) is 0. The maximum absolute atomic E-state index is 4.17. The van der Waals surface area contributed by atoms with Crippen LogP contribution >= 0.6 is 22.8 Å². The summed E-state index contributed by atoms with van der Waals surface area (Å²) in [5, 5.41) is 0. The third kappa shape index (κ3) is 9.10. The molecule has 0 spiro atoms. The first kappa shape index (κ1) is 16.9. The maximum atomic E-state index is 4.17. The van der Waals surface area contributed by atoms with Gasteiger partial charge in [0.1, 0.15) is 0 Å². The van der Waals surface area contributed by atoms with Crippen molar-refractivity contribution >= 4 is 43.4 Å². The summed E-state index contributed by atoms with van der Waals surface area (Å²) >= 11 is 1.13. The molecule has 0 aromatic carbocycles. The van der Waals surface area contributed by atoms with E-state index < -0.39 is 0 Å². The molecule has 0 aromatic rings. The van der Waals surface area contributed by atoms with E-state index in [2.05, 4.69) is 9.29 Å². The van der Waals surface area contributed by atoms with Crippen molar-refractivity contribution in [1.82, 2.24) is 0 Å².